The minimum atomic E-state index is -0.968. The fraction of sp³-hybridized carbons (Fsp3) is 0.650. The number of rotatable bonds is 4. The second-order valence-electron chi connectivity index (χ2n) is 6.51. The molecule has 1 saturated carbocycles. The number of amides is 1. The molecule has 1 aromatic carbocycles. The second kappa shape index (κ2) is 14.3. The van der Waals surface area contributed by atoms with Crippen LogP contribution >= 0.6 is 0 Å². The van der Waals surface area contributed by atoms with Gasteiger partial charge in [0.05, 0.1) is 13.2 Å². The van der Waals surface area contributed by atoms with Crippen molar-refractivity contribution >= 4 is 6.09 Å². The zero-order valence-corrected chi connectivity index (χ0v) is 17.1. The van der Waals surface area contributed by atoms with Gasteiger partial charge >= 0.3 is 6.09 Å². The van der Waals surface area contributed by atoms with Crippen molar-refractivity contribution < 1.29 is 19.7 Å². The molecule has 2 aliphatic rings. The highest BCUT2D eigenvalue weighted by molar-refractivity contribution is 5.64. The maximum Gasteiger partial charge on any atom is 0.404 e. The highest BCUT2D eigenvalue weighted by atomic mass is 16.5. The fourth-order valence-electron chi connectivity index (χ4n) is 2.14. The van der Waals surface area contributed by atoms with E-state index in [4.69, 9.17) is 20.7 Å². The van der Waals surface area contributed by atoms with Gasteiger partial charge in [0.25, 0.3) is 0 Å². The molecule has 7 nitrogen and oxygen atoms in total. The Morgan fingerprint density at radius 2 is 1.93 bits per heavy atom. The van der Waals surface area contributed by atoms with Crippen molar-refractivity contribution in [3.63, 3.8) is 0 Å². The first-order valence-electron chi connectivity index (χ1n) is 9.60. The minimum Gasteiger partial charge on any atom is -0.497 e. The summed E-state index contributed by atoms with van der Waals surface area (Å²) < 4.78 is 4.97. The van der Waals surface area contributed by atoms with Crippen molar-refractivity contribution in [1.29, 1.82) is 0 Å². The van der Waals surface area contributed by atoms with Gasteiger partial charge in [-0.25, -0.2) is 4.79 Å². The first kappa shape index (κ1) is 25.2. The number of aryl methyl sites for hydroxylation is 1. The maximum absolute atomic E-state index is 9.95. The van der Waals surface area contributed by atoms with E-state index in [2.05, 4.69) is 17.6 Å². The highest BCUT2D eigenvalue weighted by Crippen LogP contribution is 2.34. The van der Waals surface area contributed by atoms with Gasteiger partial charge in [0, 0.05) is 18.6 Å². The minimum absolute atomic E-state index is 0.0392. The third-order valence-electron chi connectivity index (χ3n) is 4.08. The molecule has 3 rings (SSSR count). The van der Waals surface area contributed by atoms with Gasteiger partial charge in [-0.1, -0.05) is 31.5 Å². The van der Waals surface area contributed by atoms with E-state index in [1.54, 1.807) is 7.11 Å². The molecule has 0 bridgehead atoms. The molecule has 27 heavy (non-hydrogen) atoms. The maximum atomic E-state index is 9.95. The van der Waals surface area contributed by atoms with E-state index in [0.717, 1.165) is 44.5 Å². The zero-order valence-electron chi connectivity index (χ0n) is 17.1. The molecule has 1 saturated heterocycles. The molecule has 1 unspecified atom stereocenters. The van der Waals surface area contributed by atoms with E-state index in [9.17, 15) is 4.79 Å². The Morgan fingerprint density at radius 1 is 1.33 bits per heavy atom. The van der Waals surface area contributed by atoms with Crippen molar-refractivity contribution in [2.45, 2.75) is 58.1 Å². The molecule has 1 aliphatic heterocycles. The van der Waals surface area contributed by atoms with Crippen molar-refractivity contribution in [2.24, 2.45) is 5.73 Å². The van der Waals surface area contributed by atoms with E-state index < -0.39 is 6.09 Å². The molecule has 1 atom stereocenters. The highest BCUT2D eigenvalue weighted by Gasteiger charge is 2.37. The summed E-state index contributed by atoms with van der Waals surface area (Å²) in [5, 5.41) is 22.1. The zero-order chi connectivity index (χ0) is 20.7. The lowest BCUT2D eigenvalue weighted by atomic mass is 10.2. The van der Waals surface area contributed by atoms with Crippen LogP contribution in [0.15, 0.2) is 24.3 Å². The van der Waals surface area contributed by atoms with Gasteiger partial charge in [-0.3, -0.25) is 0 Å². The predicted octanol–water partition coefficient (Wildman–Crippen LogP) is 2.51. The van der Waals surface area contributed by atoms with Gasteiger partial charge < -0.3 is 31.3 Å². The van der Waals surface area contributed by atoms with Crippen molar-refractivity contribution in [1.82, 2.24) is 10.6 Å². The number of ether oxygens (including phenoxy) is 1. The summed E-state index contributed by atoms with van der Waals surface area (Å²) in [6.07, 6.45) is 2.73. The lowest BCUT2D eigenvalue weighted by molar-refractivity contribution is 0.194. The molecule has 0 spiro atoms. The number of aliphatic hydroxyl groups excluding tert-OH is 1. The Balaban J connectivity index is 0.000000368. The molecular formula is C20H37N3O4. The summed E-state index contributed by atoms with van der Waals surface area (Å²) in [6.45, 7) is 8.31. The Bertz CT molecular complexity index is 498. The standard InChI is InChI=1S/C8H10O.C6H12N2O2.C4H9NO.C2H6/c1-7-3-5-8(9-2)6-4-7;7-6(1-2-6)3-4-8-5(9)10;6-4-1-2-5-3-4;1-2/h3-6H,1-2H3;8H,1-4,7H2,(H,9,10);4-6H,1-3H2;1-2H3. The predicted molar refractivity (Wildman–Crippen MR) is 109 cm³/mol. The number of carbonyl (C=O) groups is 1. The smallest absolute Gasteiger partial charge is 0.404 e. The van der Waals surface area contributed by atoms with Gasteiger partial charge in [-0.05, 0) is 51.3 Å². The SMILES string of the molecule is CC.COc1ccc(C)cc1.NC1(CCNC(=O)O)CC1.OC1CCNC1. The summed E-state index contributed by atoms with van der Waals surface area (Å²) in [4.78, 5) is 9.95. The average Bonchev–Trinajstić information content (AvgIpc) is 3.19. The molecule has 0 aromatic heterocycles. The number of benzene rings is 1. The Morgan fingerprint density at radius 3 is 2.26 bits per heavy atom. The largest absolute Gasteiger partial charge is 0.497 e. The van der Waals surface area contributed by atoms with Crippen LogP contribution in [0.3, 0.4) is 0 Å². The monoisotopic (exact) mass is 383 g/mol. The van der Waals surface area contributed by atoms with Crippen LogP contribution < -0.4 is 21.1 Å². The number of β-amino-alcohol motifs (C(OH)–C–C–N with tert-alkyl or cyclic N) is 1. The number of aliphatic hydroxyl groups is 1. The van der Waals surface area contributed by atoms with Gasteiger partial charge in [0.15, 0.2) is 0 Å². The quantitative estimate of drug-likeness (QED) is 0.545. The van der Waals surface area contributed by atoms with E-state index in [0.29, 0.717) is 6.54 Å². The van der Waals surface area contributed by atoms with Crippen LogP contribution in [0.1, 0.15) is 45.1 Å². The summed E-state index contributed by atoms with van der Waals surface area (Å²) >= 11 is 0. The van der Waals surface area contributed by atoms with Crippen molar-refractivity contribution in [2.75, 3.05) is 26.7 Å². The molecule has 1 heterocycles. The number of hydrogen-bond donors (Lipinski definition) is 5. The van der Waals surface area contributed by atoms with Crippen LogP contribution in [0.4, 0.5) is 4.79 Å². The van der Waals surface area contributed by atoms with Crippen LogP contribution in [0.25, 0.3) is 0 Å². The van der Waals surface area contributed by atoms with Crippen LogP contribution in [-0.2, 0) is 0 Å². The number of methoxy groups -OCH3 is 1. The van der Waals surface area contributed by atoms with E-state index in [1.165, 1.54) is 5.56 Å². The third kappa shape index (κ3) is 14.0. The molecule has 1 aliphatic carbocycles. The molecule has 2 fully saturated rings. The van der Waals surface area contributed by atoms with E-state index >= 15 is 0 Å². The molecule has 1 aromatic rings. The molecule has 0 radical (unpaired) electrons. The summed E-state index contributed by atoms with van der Waals surface area (Å²) in [6, 6.07) is 7.96. The third-order valence-corrected chi connectivity index (χ3v) is 4.08. The molecule has 1 amide bonds. The van der Waals surface area contributed by atoms with Crippen LogP contribution in [0, 0.1) is 6.92 Å². The molecular weight excluding hydrogens is 346 g/mol. The number of carboxylic acid groups (broad SMARTS) is 1. The van der Waals surface area contributed by atoms with Crippen molar-refractivity contribution in [3.05, 3.63) is 29.8 Å². The second-order valence-corrected chi connectivity index (χ2v) is 6.51. The molecule has 7 heteroatoms. The Kier molecular flexibility index (Phi) is 13.3. The number of hydrogen-bond acceptors (Lipinski definition) is 5. The van der Waals surface area contributed by atoms with Crippen LogP contribution in [-0.4, -0.2) is 54.7 Å². The summed E-state index contributed by atoms with van der Waals surface area (Å²) in [7, 11) is 1.67. The van der Waals surface area contributed by atoms with Crippen LogP contribution in [0.2, 0.25) is 0 Å². The normalized spacial score (nSPS) is 18.4. The fourth-order valence-corrected chi connectivity index (χ4v) is 2.14. The van der Waals surface area contributed by atoms with Gasteiger partial charge in [-0.15, -0.1) is 0 Å². The Hall–Kier alpha value is -1.83. The summed E-state index contributed by atoms with van der Waals surface area (Å²) in [5.74, 6) is 0.917. The lowest BCUT2D eigenvalue weighted by Gasteiger charge is -2.06. The van der Waals surface area contributed by atoms with Gasteiger partial charge in [0.1, 0.15) is 5.75 Å². The number of nitrogens with two attached hydrogens (primary N) is 1. The molecule has 6 N–H and O–H groups in total. The number of nitrogens with one attached hydrogen (secondary N) is 2. The Labute approximate surface area is 163 Å². The van der Waals surface area contributed by atoms with E-state index in [1.807, 2.05) is 38.1 Å². The van der Waals surface area contributed by atoms with Gasteiger partial charge in [-0.2, -0.15) is 0 Å². The first-order valence-corrected chi connectivity index (χ1v) is 9.60. The van der Waals surface area contributed by atoms with Gasteiger partial charge in [0.2, 0.25) is 0 Å². The lowest BCUT2D eigenvalue weighted by Crippen LogP contribution is -2.30. The summed E-state index contributed by atoms with van der Waals surface area (Å²) in [5.41, 5.74) is 6.92. The first-order chi connectivity index (χ1) is 12.8. The average molecular weight is 384 g/mol. The van der Waals surface area contributed by atoms with Crippen molar-refractivity contribution in [3.8, 4) is 5.75 Å². The van der Waals surface area contributed by atoms with E-state index in [-0.39, 0.29) is 11.6 Å². The molecule has 156 valence electrons. The topological polar surface area (TPSA) is 117 Å². The van der Waals surface area contributed by atoms with Crippen LogP contribution in [0.5, 0.6) is 5.75 Å².